The lowest BCUT2D eigenvalue weighted by Gasteiger charge is -2.13. The first-order valence-corrected chi connectivity index (χ1v) is 6.01. The van der Waals surface area contributed by atoms with Gasteiger partial charge in [0.05, 0.1) is 0 Å². The molecule has 2 unspecified atom stereocenters. The highest BCUT2D eigenvalue weighted by molar-refractivity contribution is 7.80. The maximum absolute atomic E-state index is 4.16. The van der Waals surface area contributed by atoms with Crippen LogP contribution in [0.25, 0.3) is 0 Å². The Morgan fingerprint density at radius 2 is 1.85 bits per heavy atom. The third-order valence-corrected chi connectivity index (χ3v) is 3.65. The standard InChI is InChI=1S/C11H19NS/c13-7-2-1-6-12-8-10-4-3-5-11(10)9-12/h1-2,10-11,13H,3-9H2/b2-1+. The van der Waals surface area contributed by atoms with Crippen molar-refractivity contribution in [2.45, 2.75) is 19.3 Å². The molecule has 0 spiro atoms. The lowest BCUT2D eigenvalue weighted by molar-refractivity contribution is 0.344. The molecule has 1 heterocycles. The lowest BCUT2D eigenvalue weighted by Crippen LogP contribution is -2.21. The normalized spacial score (nSPS) is 34.5. The van der Waals surface area contributed by atoms with E-state index in [-0.39, 0.29) is 0 Å². The fourth-order valence-electron chi connectivity index (χ4n) is 2.78. The van der Waals surface area contributed by atoms with E-state index in [0.29, 0.717) is 0 Å². The molecule has 2 aliphatic rings. The molecular formula is C11H19NS. The van der Waals surface area contributed by atoms with Crippen LogP contribution in [0.15, 0.2) is 12.2 Å². The topological polar surface area (TPSA) is 3.24 Å². The van der Waals surface area contributed by atoms with E-state index in [9.17, 15) is 0 Å². The largest absolute Gasteiger partial charge is 0.299 e. The van der Waals surface area contributed by atoms with E-state index in [1.54, 1.807) is 0 Å². The molecule has 1 aliphatic carbocycles. The predicted octanol–water partition coefficient (Wildman–Crippen LogP) is 2.20. The van der Waals surface area contributed by atoms with Crippen molar-refractivity contribution < 1.29 is 0 Å². The van der Waals surface area contributed by atoms with E-state index in [2.05, 4.69) is 29.7 Å². The number of rotatable bonds is 3. The molecule has 1 aliphatic heterocycles. The highest BCUT2D eigenvalue weighted by Gasteiger charge is 2.35. The van der Waals surface area contributed by atoms with Crippen molar-refractivity contribution >= 4 is 12.6 Å². The Kier molecular flexibility index (Phi) is 3.33. The average molecular weight is 197 g/mol. The van der Waals surface area contributed by atoms with Crippen molar-refractivity contribution in [1.82, 2.24) is 4.90 Å². The molecule has 0 radical (unpaired) electrons. The van der Waals surface area contributed by atoms with Crippen LogP contribution in [0.3, 0.4) is 0 Å². The van der Waals surface area contributed by atoms with Gasteiger partial charge in [-0.1, -0.05) is 18.6 Å². The van der Waals surface area contributed by atoms with Gasteiger partial charge in [0, 0.05) is 25.4 Å². The number of hydrogen-bond acceptors (Lipinski definition) is 2. The minimum atomic E-state index is 0.876. The van der Waals surface area contributed by atoms with Gasteiger partial charge in [-0.3, -0.25) is 4.90 Å². The van der Waals surface area contributed by atoms with Crippen molar-refractivity contribution in [3.8, 4) is 0 Å². The first-order valence-electron chi connectivity index (χ1n) is 5.38. The van der Waals surface area contributed by atoms with Gasteiger partial charge in [0.2, 0.25) is 0 Å². The van der Waals surface area contributed by atoms with E-state index < -0.39 is 0 Å². The predicted molar refractivity (Wildman–Crippen MR) is 60.3 cm³/mol. The van der Waals surface area contributed by atoms with E-state index in [0.717, 1.165) is 24.1 Å². The second-order valence-corrected chi connectivity index (χ2v) is 4.69. The average Bonchev–Trinajstić information content (AvgIpc) is 2.64. The Hall–Kier alpha value is 0.0500. The molecule has 2 heteroatoms. The minimum absolute atomic E-state index is 0.876. The Balaban J connectivity index is 1.75. The second-order valence-electron chi connectivity index (χ2n) is 4.32. The van der Waals surface area contributed by atoms with Crippen LogP contribution >= 0.6 is 12.6 Å². The van der Waals surface area contributed by atoms with E-state index in [1.807, 2.05) is 0 Å². The van der Waals surface area contributed by atoms with Crippen molar-refractivity contribution in [2.75, 3.05) is 25.4 Å². The molecule has 2 fully saturated rings. The van der Waals surface area contributed by atoms with Gasteiger partial charge in [0.25, 0.3) is 0 Å². The number of likely N-dealkylation sites (tertiary alicyclic amines) is 1. The van der Waals surface area contributed by atoms with Crippen molar-refractivity contribution in [1.29, 1.82) is 0 Å². The van der Waals surface area contributed by atoms with Crippen LogP contribution in [0, 0.1) is 11.8 Å². The quantitative estimate of drug-likeness (QED) is 0.536. The van der Waals surface area contributed by atoms with Crippen LogP contribution in [0.5, 0.6) is 0 Å². The van der Waals surface area contributed by atoms with Gasteiger partial charge in [-0.05, 0) is 24.7 Å². The zero-order chi connectivity index (χ0) is 9.10. The molecular weight excluding hydrogens is 178 g/mol. The second kappa shape index (κ2) is 4.52. The summed E-state index contributed by atoms with van der Waals surface area (Å²) >= 11 is 4.16. The zero-order valence-electron chi connectivity index (χ0n) is 8.15. The molecule has 0 aromatic heterocycles. The molecule has 0 aromatic rings. The molecule has 1 nitrogen and oxygen atoms in total. The van der Waals surface area contributed by atoms with E-state index in [4.69, 9.17) is 0 Å². The SMILES string of the molecule is SC/C=C/CN1CC2CCCC2C1. The molecule has 0 bridgehead atoms. The van der Waals surface area contributed by atoms with Crippen LogP contribution in [0.1, 0.15) is 19.3 Å². The fraction of sp³-hybridized carbons (Fsp3) is 0.818. The van der Waals surface area contributed by atoms with Crippen molar-refractivity contribution in [3.05, 3.63) is 12.2 Å². The maximum atomic E-state index is 4.16. The maximum Gasteiger partial charge on any atom is 0.0163 e. The Bertz CT molecular complexity index is 179. The van der Waals surface area contributed by atoms with Crippen molar-refractivity contribution in [2.24, 2.45) is 11.8 Å². The first-order chi connectivity index (χ1) is 6.40. The van der Waals surface area contributed by atoms with Gasteiger partial charge >= 0.3 is 0 Å². The summed E-state index contributed by atoms with van der Waals surface area (Å²) in [5.74, 6) is 2.94. The van der Waals surface area contributed by atoms with Gasteiger partial charge < -0.3 is 0 Å². The van der Waals surface area contributed by atoms with Crippen LogP contribution in [0.4, 0.5) is 0 Å². The monoisotopic (exact) mass is 197 g/mol. The molecule has 0 aromatic carbocycles. The number of nitrogens with zero attached hydrogens (tertiary/aromatic N) is 1. The van der Waals surface area contributed by atoms with Crippen LogP contribution in [-0.4, -0.2) is 30.3 Å². The molecule has 1 saturated carbocycles. The van der Waals surface area contributed by atoms with Crippen LogP contribution < -0.4 is 0 Å². The van der Waals surface area contributed by atoms with Crippen molar-refractivity contribution in [3.63, 3.8) is 0 Å². The van der Waals surface area contributed by atoms with Gasteiger partial charge in [-0.2, -0.15) is 12.6 Å². The summed E-state index contributed by atoms with van der Waals surface area (Å²) in [5, 5.41) is 0. The molecule has 2 atom stereocenters. The van der Waals surface area contributed by atoms with E-state index >= 15 is 0 Å². The van der Waals surface area contributed by atoms with Crippen LogP contribution in [-0.2, 0) is 0 Å². The molecule has 0 N–H and O–H groups in total. The number of hydrogen-bond donors (Lipinski definition) is 1. The summed E-state index contributed by atoms with van der Waals surface area (Å²) in [6.45, 7) is 3.84. The molecule has 13 heavy (non-hydrogen) atoms. The summed E-state index contributed by atoms with van der Waals surface area (Å²) < 4.78 is 0. The molecule has 1 saturated heterocycles. The summed E-state index contributed by atoms with van der Waals surface area (Å²) in [4.78, 5) is 2.59. The third kappa shape index (κ3) is 2.29. The van der Waals surface area contributed by atoms with Gasteiger partial charge in [0.15, 0.2) is 0 Å². The molecule has 74 valence electrons. The summed E-state index contributed by atoms with van der Waals surface area (Å²) in [6, 6.07) is 0. The number of thiol groups is 1. The number of fused-ring (bicyclic) bond motifs is 1. The Morgan fingerprint density at radius 1 is 1.15 bits per heavy atom. The van der Waals surface area contributed by atoms with E-state index in [1.165, 1.54) is 32.4 Å². The summed E-state index contributed by atoms with van der Waals surface area (Å²) in [5.41, 5.74) is 0. The smallest absolute Gasteiger partial charge is 0.0163 e. The summed E-state index contributed by atoms with van der Waals surface area (Å²) in [7, 11) is 0. The Labute approximate surface area is 86.6 Å². The summed E-state index contributed by atoms with van der Waals surface area (Å²) in [6.07, 6.45) is 8.86. The highest BCUT2D eigenvalue weighted by atomic mass is 32.1. The molecule has 0 amide bonds. The lowest BCUT2D eigenvalue weighted by atomic mass is 10.0. The first kappa shape index (κ1) is 9.60. The minimum Gasteiger partial charge on any atom is -0.299 e. The van der Waals surface area contributed by atoms with Gasteiger partial charge in [0.1, 0.15) is 0 Å². The zero-order valence-corrected chi connectivity index (χ0v) is 9.05. The van der Waals surface area contributed by atoms with Crippen LogP contribution in [0.2, 0.25) is 0 Å². The van der Waals surface area contributed by atoms with Gasteiger partial charge in [-0.15, -0.1) is 0 Å². The van der Waals surface area contributed by atoms with Gasteiger partial charge in [-0.25, -0.2) is 0 Å². The molecule has 2 rings (SSSR count). The fourth-order valence-corrected chi connectivity index (χ4v) is 2.93. The third-order valence-electron chi connectivity index (χ3n) is 3.44. The Morgan fingerprint density at radius 3 is 2.46 bits per heavy atom. The highest BCUT2D eigenvalue weighted by Crippen LogP contribution is 2.37.